The standard InChI is InChI=1S/C50H61N9O7S/c1-3-56-22-23-58(44(32-56)41-7-5-4-6-40(41)34-8-9-34)37-27-50(28-37)17-20-57(21-18-50)36-10-11-42(45(25-36)66-38-24-35-14-19-51-46(35)53-30-38)48(60)55-67(64,65)39-26-43(59(62)63)47(54-31-39)52-29-33-12-15-49(2,61)16-13-33/h4-7,10-11,14,19,24-26,30-31,33-34,37,44,61H,3,8-9,12-13,15-18,20-23,27-29,32H2,1-2H3,(H,51,53)(H,52,54)(H,55,60)/t33?,44-,49?/m1/s1. The molecular weight excluding hydrogens is 871 g/mol. The third-order valence-corrected chi connectivity index (χ3v) is 16.7. The van der Waals surface area contributed by atoms with Crippen LogP contribution in [0.1, 0.15) is 112 Å². The van der Waals surface area contributed by atoms with Crippen LogP contribution in [0.15, 0.2) is 84.1 Å². The lowest BCUT2D eigenvalue weighted by Gasteiger charge is -2.58. The molecule has 1 amide bonds. The number of H-pyrrole nitrogens is 1. The number of aliphatic hydroxyl groups is 1. The van der Waals surface area contributed by atoms with Crippen molar-refractivity contribution in [2.45, 2.75) is 107 Å². The van der Waals surface area contributed by atoms with Crippen molar-refractivity contribution in [3.05, 3.63) is 106 Å². The fourth-order valence-electron chi connectivity index (χ4n) is 11.2. The van der Waals surface area contributed by atoms with E-state index in [1.165, 1.54) is 37.4 Å². The molecule has 0 unspecified atom stereocenters. The van der Waals surface area contributed by atoms with Gasteiger partial charge in [-0.2, -0.15) is 0 Å². The van der Waals surface area contributed by atoms with Crippen LogP contribution < -0.4 is 19.7 Å². The van der Waals surface area contributed by atoms with Crippen molar-refractivity contribution in [1.82, 2.24) is 29.5 Å². The zero-order valence-electron chi connectivity index (χ0n) is 38.3. The van der Waals surface area contributed by atoms with Crippen LogP contribution in [0.25, 0.3) is 11.0 Å². The van der Waals surface area contributed by atoms with Crippen molar-refractivity contribution in [2.24, 2.45) is 11.3 Å². The predicted molar refractivity (Wildman–Crippen MR) is 256 cm³/mol. The number of rotatable bonds is 14. The molecule has 354 valence electrons. The molecule has 5 heterocycles. The molecule has 67 heavy (non-hydrogen) atoms. The number of nitrogens with zero attached hydrogens (tertiary/aromatic N) is 6. The Hall–Kier alpha value is -5.62. The summed E-state index contributed by atoms with van der Waals surface area (Å²) in [5, 5.41) is 26.3. The first-order valence-corrected chi connectivity index (χ1v) is 25.5. The topological polar surface area (TPSA) is 199 Å². The SMILES string of the molecule is CCN1CCN(C2CC3(CCN(c4ccc(C(=O)NS(=O)(=O)c5cnc(NCC6CCC(C)(O)CC6)c([N+](=O)[O-])c5)c(Oc5cnc6[nH]ccc6c5)c4)CC3)C2)[C@@H](c2ccccc2C2CC2)C1. The van der Waals surface area contributed by atoms with Gasteiger partial charge in [0.25, 0.3) is 15.9 Å². The maximum absolute atomic E-state index is 14.0. The number of piperidine rings is 1. The second-order valence-electron chi connectivity index (χ2n) is 20.0. The molecule has 2 aromatic carbocycles. The molecule has 1 atom stereocenters. The molecule has 5 aliphatic rings. The average Bonchev–Trinajstić information content (AvgIpc) is 4.06. The highest BCUT2D eigenvalue weighted by Crippen LogP contribution is 2.54. The number of ether oxygens (including phenoxy) is 1. The van der Waals surface area contributed by atoms with E-state index in [1.807, 2.05) is 12.1 Å². The molecular formula is C50H61N9O7S. The normalized spacial score (nSPS) is 23.8. The molecule has 3 aliphatic carbocycles. The van der Waals surface area contributed by atoms with E-state index < -0.39 is 37.0 Å². The lowest BCUT2D eigenvalue weighted by atomic mass is 9.59. The molecule has 2 saturated heterocycles. The summed E-state index contributed by atoms with van der Waals surface area (Å²) in [4.78, 5) is 44.3. The number of aromatic nitrogens is 3. The van der Waals surface area contributed by atoms with Gasteiger partial charge in [-0.05, 0) is 130 Å². The Bertz CT molecular complexity index is 2750. The number of likely N-dealkylation sites (N-methyl/N-ethyl adjacent to an activating group) is 1. The first-order valence-electron chi connectivity index (χ1n) is 24.0. The van der Waals surface area contributed by atoms with E-state index >= 15 is 0 Å². The van der Waals surface area contributed by atoms with Crippen LogP contribution in [-0.2, 0) is 10.0 Å². The number of hydrogen-bond acceptors (Lipinski definition) is 13. The Morgan fingerprint density at radius 3 is 2.45 bits per heavy atom. The van der Waals surface area contributed by atoms with Crippen molar-refractivity contribution in [2.75, 3.05) is 56.0 Å². The van der Waals surface area contributed by atoms with Gasteiger partial charge >= 0.3 is 5.69 Å². The van der Waals surface area contributed by atoms with Crippen LogP contribution in [0.5, 0.6) is 11.5 Å². The van der Waals surface area contributed by atoms with Gasteiger partial charge in [0, 0.05) is 80.8 Å². The summed E-state index contributed by atoms with van der Waals surface area (Å²) in [5.41, 5.74) is 3.59. The maximum atomic E-state index is 14.0. The number of sulfonamides is 1. The van der Waals surface area contributed by atoms with Crippen molar-refractivity contribution in [3.8, 4) is 11.5 Å². The number of nitrogens with one attached hydrogen (secondary N) is 3. The molecule has 5 fully saturated rings. The Morgan fingerprint density at radius 2 is 1.72 bits per heavy atom. The number of hydrogen-bond donors (Lipinski definition) is 4. The first-order chi connectivity index (χ1) is 32.2. The summed E-state index contributed by atoms with van der Waals surface area (Å²) in [5.74, 6) is 0.340. The van der Waals surface area contributed by atoms with Crippen LogP contribution in [0.4, 0.5) is 17.2 Å². The molecule has 4 N–H and O–H groups in total. The van der Waals surface area contributed by atoms with Gasteiger partial charge < -0.3 is 29.9 Å². The highest BCUT2D eigenvalue weighted by atomic mass is 32.2. The quantitative estimate of drug-likeness (QED) is 0.0615. The zero-order chi connectivity index (χ0) is 46.5. The lowest BCUT2D eigenvalue weighted by Crippen LogP contribution is -2.60. The van der Waals surface area contributed by atoms with Gasteiger partial charge in [0.05, 0.1) is 28.5 Å². The minimum absolute atomic E-state index is 0.0370. The summed E-state index contributed by atoms with van der Waals surface area (Å²) in [6.45, 7) is 10.5. The molecule has 3 saturated carbocycles. The summed E-state index contributed by atoms with van der Waals surface area (Å²) in [6.07, 6.45) is 14.1. The van der Waals surface area contributed by atoms with Crippen LogP contribution in [-0.4, -0.2) is 107 Å². The molecule has 2 aliphatic heterocycles. The van der Waals surface area contributed by atoms with Gasteiger partial charge in [-0.1, -0.05) is 31.2 Å². The van der Waals surface area contributed by atoms with E-state index in [1.54, 1.807) is 36.9 Å². The second kappa shape index (κ2) is 18.1. The van der Waals surface area contributed by atoms with E-state index in [0.29, 0.717) is 48.8 Å². The van der Waals surface area contributed by atoms with Crippen molar-refractivity contribution in [1.29, 1.82) is 0 Å². The molecule has 0 bridgehead atoms. The Labute approximate surface area is 391 Å². The zero-order valence-corrected chi connectivity index (χ0v) is 39.1. The van der Waals surface area contributed by atoms with Gasteiger partial charge in [0.2, 0.25) is 5.82 Å². The third kappa shape index (κ3) is 9.60. The number of anilines is 2. The summed E-state index contributed by atoms with van der Waals surface area (Å²) in [6, 6.07) is 19.9. The minimum Gasteiger partial charge on any atom is -0.455 e. The van der Waals surface area contributed by atoms with Crippen molar-refractivity contribution in [3.63, 3.8) is 0 Å². The van der Waals surface area contributed by atoms with E-state index in [9.17, 15) is 28.4 Å². The summed E-state index contributed by atoms with van der Waals surface area (Å²) >= 11 is 0. The van der Waals surface area contributed by atoms with Crippen LogP contribution >= 0.6 is 0 Å². The van der Waals surface area contributed by atoms with E-state index in [2.05, 4.69) is 70.9 Å². The van der Waals surface area contributed by atoms with Crippen molar-refractivity contribution < 1.29 is 28.0 Å². The number of aromatic amines is 1. The molecule has 1 spiro atoms. The Kier molecular flexibility index (Phi) is 12.2. The van der Waals surface area contributed by atoms with Gasteiger partial charge in [-0.25, -0.2) is 23.1 Å². The van der Waals surface area contributed by atoms with E-state index in [4.69, 9.17) is 4.74 Å². The third-order valence-electron chi connectivity index (χ3n) is 15.5. The monoisotopic (exact) mass is 931 g/mol. The number of benzene rings is 2. The average molecular weight is 932 g/mol. The highest BCUT2D eigenvalue weighted by molar-refractivity contribution is 7.90. The number of carbonyl (C=O) groups excluding carboxylic acids is 1. The van der Waals surface area contributed by atoms with E-state index in [0.717, 1.165) is 88.3 Å². The first kappa shape index (κ1) is 45.2. The number of amides is 1. The fourth-order valence-corrected chi connectivity index (χ4v) is 12.1. The van der Waals surface area contributed by atoms with Crippen LogP contribution in [0, 0.1) is 21.4 Å². The molecule has 5 aromatic rings. The molecule has 16 nitrogen and oxygen atoms in total. The Morgan fingerprint density at radius 1 is 0.955 bits per heavy atom. The molecule has 10 rings (SSSR count). The van der Waals surface area contributed by atoms with Gasteiger partial charge in [-0.3, -0.25) is 19.8 Å². The number of nitro groups is 1. The van der Waals surface area contributed by atoms with Gasteiger partial charge in [-0.15, -0.1) is 0 Å². The fraction of sp³-hybridized carbons (Fsp3) is 0.500. The second-order valence-corrected chi connectivity index (χ2v) is 21.7. The summed E-state index contributed by atoms with van der Waals surface area (Å²) in [7, 11) is -4.63. The van der Waals surface area contributed by atoms with Gasteiger partial charge in [0.1, 0.15) is 22.0 Å². The molecule has 17 heteroatoms. The molecule has 3 aromatic heterocycles. The predicted octanol–water partition coefficient (Wildman–Crippen LogP) is 8.14. The number of pyridine rings is 2. The van der Waals surface area contributed by atoms with Gasteiger partial charge in [0.15, 0.2) is 0 Å². The largest absolute Gasteiger partial charge is 0.455 e. The molecule has 0 radical (unpaired) electrons. The van der Waals surface area contributed by atoms with Crippen LogP contribution in [0.3, 0.4) is 0 Å². The van der Waals surface area contributed by atoms with Crippen LogP contribution in [0.2, 0.25) is 0 Å². The number of piperazine rings is 1. The summed E-state index contributed by atoms with van der Waals surface area (Å²) < 4.78 is 36.0. The van der Waals surface area contributed by atoms with Crippen molar-refractivity contribution >= 4 is 44.2 Å². The van der Waals surface area contributed by atoms with E-state index in [-0.39, 0.29) is 28.5 Å². The number of carbonyl (C=O) groups is 1. The lowest BCUT2D eigenvalue weighted by molar-refractivity contribution is -0.384. The maximum Gasteiger partial charge on any atom is 0.312 e. The smallest absolute Gasteiger partial charge is 0.312 e. The Balaban J connectivity index is 0.836. The number of fused-ring (bicyclic) bond motifs is 1. The highest BCUT2D eigenvalue weighted by Gasteiger charge is 2.50. The minimum atomic E-state index is -4.63.